The number of hydrogen-bond donors (Lipinski definition) is 2. The van der Waals surface area contributed by atoms with Crippen molar-refractivity contribution in [3.8, 4) is 5.88 Å². The van der Waals surface area contributed by atoms with Gasteiger partial charge in [-0.25, -0.2) is 9.97 Å². The molecule has 37 heavy (non-hydrogen) atoms. The summed E-state index contributed by atoms with van der Waals surface area (Å²) in [5.41, 5.74) is 2.62. The van der Waals surface area contributed by atoms with Gasteiger partial charge in [0.25, 0.3) is 0 Å². The monoisotopic (exact) mass is 537 g/mol. The summed E-state index contributed by atoms with van der Waals surface area (Å²) < 4.78 is 45.5. The first-order valence-corrected chi connectivity index (χ1v) is 11.4. The van der Waals surface area contributed by atoms with Crippen molar-refractivity contribution in [3.63, 3.8) is 0 Å². The van der Waals surface area contributed by atoms with Gasteiger partial charge < -0.3 is 20.3 Å². The van der Waals surface area contributed by atoms with Crippen molar-refractivity contribution < 1.29 is 22.7 Å². The Bertz CT molecular complexity index is 1280. The van der Waals surface area contributed by atoms with Crippen LogP contribution in [0.15, 0.2) is 30.6 Å². The summed E-state index contributed by atoms with van der Waals surface area (Å²) in [6.07, 6.45) is -1.09. The zero-order valence-corrected chi connectivity index (χ0v) is 22.1. The number of nitrogens with zero attached hydrogens (tertiary/aromatic N) is 5. The Morgan fingerprint density at radius 1 is 1.24 bits per heavy atom. The van der Waals surface area contributed by atoms with E-state index < -0.39 is 11.9 Å². The third-order valence-corrected chi connectivity index (χ3v) is 6.04. The number of halogens is 3. The van der Waals surface area contributed by atoms with Crippen molar-refractivity contribution in [1.82, 2.24) is 19.7 Å². The molecule has 4 heterocycles. The van der Waals surface area contributed by atoms with Crippen molar-refractivity contribution in [2.45, 2.75) is 46.1 Å². The normalized spacial score (nSPS) is 15.2. The van der Waals surface area contributed by atoms with E-state index in [9.17, 15) is 18.0 Å². The summed E-state index contributed by atoms with van der Waals surface area (Å²) in [5.74, 6) is 0.651. The number of carbonyl (C=O) groups excluding carboxylic acids is 1. The maximum atomic E-state index is 12.9. The second-order valence-electron chi connectivity index (χ2n) is 9.04. The molecule has 1 amide bonds. The van der Waals surface area contributed by atoms with Crippen LogP contribution < -0.4 is 20.3 Å². The quantitative estimate of drug-likeness (QED) is 0.466. The van der Waals surface area contributed by atoms with Crippen LogP contribution in [-0.2, 0) is 24.1 Å². The number of rotatable bonds is 7. The first-order valence-electron chi connectivity index (χ1n) is 11.4. The largest absolute Gasteiger partial charge is 0.481 e. The predicted octanol–water partition coefficient (Wildman–Crippen LogP) is 4.20. The summed E-state index contributed by atoms with van der Waals surface area (Å²) in [4.78, 5) is 22.6. The van der Waals surface area contributed by atoms with Crippen LogP contribution in [0.3, 0.4) is 0 Å². The van der Waals surface area contributed by atoms with Crippen LogP contribution in [0.4, 0.5) is 30.4 Å². The second kappa shape index (κ2) is 10.9. The highest BCUT2D eigenvalue weighted by atomic mass is 32.1. The lowest BCUT2D eigenvalue weighted by atomic mass is 9.98. The second-order valence-corrected chi connectivity index (χ2v) is 9.04. The van der Waals surface area contributed by atoms with Crippen LogP contribution >= 0.6 is 13.5 Å². The van der Waals surface area contributed by atoms with Gasteiger partial charge in [0.05, 0.1) is 36.9 Å². The van der Waals surface area contributed by atoms with Gasteiger partial charge in [0.1, 0.15) is 17.6 Å². The van der Waals surface area contributed by atoms with E-state index >= 15 is 0 Å². The number of nitrogens with one attached hydrogen (secondary N) is 2. The van der Waals surface area contributed by atoms with E-state index in [1.165, 1.54) is 13.2 Å². The van der Waals surface area contributed by atoms with E-state index in [1.54, 1.807) is 17.1 Å². The number of anilines is 3. The van der Waals surface area contributed by atoms with E-state index in [4.69, 9.17) is 4.74 Å². The van der Waals surface area contributed by atoms with Gasteiger partial charge in [-0.15, -0.1) is 0 Å². The minimum absolute atomic E-state index is 0. The molecule has 0 aliphatic carbocycles. The molecule has 0 saturated heterocycles. The van der Waals surface area contributed by atoms with Crippen molar-refractivity contribution in [2.24, 2.45) is 5.92 Å². The molecule has 0 bridgehead atoms. The molecule has 3 aromatic heterocycles. The Hall–Kier alpha value is -3.48. The summed E-state index contributed by atoms with van der Waals surface area (Å²) in [6, 6.07) is 3.90. The number of ether oxygens (including phenoxy) is 1. The average molecular weight is 538 g/mol. The molecule has 1 aliphatic heterocycles. The first kappa shape index (κ1) is 28.1. The molecule has 200 valence electrons. The van der Waals surface area contributed by atoms with Gasteiger partial charge in [-0.1, -0.05) is 13.8 Å². The number of amides is 1. The highest BCUT2D eigenvalue weighted by Gasteiger charge is 2.34. The van der Waals surface area contributed by atoms with Gasteiger partial charge in [0.15, 0.2) is 0 Å². The number of hydrogen-bond acceptors (Lipinski definition) is 7. The Morgan fingerprint density at radius 2 is 1.97 bits per heavy atom. The van der Waals surface area contributed by atoms with Crippen LogP contribution in [0.1, 0.15) is 36.4 Å². The molecule has 0 aromatic carbocycles. The van der Waals surface area contributed by atoms with Gasteiger partial charge in [-0.2, -0.15) is 31.8 Å². The topological polar surface area (TPSA) is 97.2 Å². The average Bonchev–Trinajstić information content (AvgIpc) is 3.25. The number of alkyl halides is 3. The molecule has 13 heteroatoms. The number of pyridine rings is 2. The van der Waals surface area contributed by atoms with E-state index in [0.717, 1.165) is 17.3 Å². The molecule has 2 N–H and O–H groups in total. The van der Waals surface area contributed by atoms with Crippen LogP contribution in [0.5, 0.6) is 5.88 Å². The van der Waals surface area contributed by atoms with E-state index in [0.29, 0.717) is 29.3 Å². The number of likely N-dealkylation sites (N-methyl/N-ethyl adjacent to an activating group) is 1. The van der Waals surface area contributed by atoms with Gasteiger partial charge in [0, 0.05) is 37.0 Å². The van der Waals surface area contributed by atoms with E-state index in [-0.39, 0.29) is 43.8 Å². The smallest absolute Gasteiger partial charge is 0.433 e. The number of aromatic nitrogens is 4. The molecule has 1 aliphatic rings. The standard InChI is InChI=1S/C24H28F3N7O2.H2S/c1-13(2)21-22(35)32-20-14(3)30-19(8-17(20)33(21)4)28-9-15-10-29-34(11-15)12-16-6-7-18(24(25,26)27)31-23(16)36-5;/h6-8,10-11,13,21H,9,12H2,1-5H3,(H,28,30)(H,32,35);1H2/t21-;/m0./s1. The van der Waals surface area contributed by atoms with E-state index in [1.807, 2.05) is 38.8 Å². The highest BCUT2D eigenvalue weighted by Crippen LogP contribution is 2.36. The summed E-state index contributed by atoms with van der Waals surface area (Å²) >= 11 is 0. The number of fused-ring (bicyclic) bond motifs is 1. The van der Waals surface area contributed by atoms with Crippen molar-refractivity contribution in [3.05, 3.63) is 53.1 Å². The number of carbonyl (C=O) groups is 1. The van der Waals surface area contributed by atoms with Crippen LogP contribution in [-0.4, -0.2) is 45.9 Å². The van der Waals surface area contributed by atoms with Crippen molar-refractivity contribution in [1.29, 1.82) is 0 Å². The van der Waals surface area contributed by atoms with Crippen LogP contribution in [0.2, 0.25) is 0 Å². The minimum atomic E-state index is -4.55. The summed E-state index contributed by atoms with van der Waals surface area (Å²) in [6.45, 7) is 6.49. The molecule has 1 atom stereocenters. The molecule has 4 rings (SSSR count). The Labute approximate surface area is 219 Å². The van der Waals surface area contributed by atoms with Crippen LogP contribution in [0, 0.1) is 12.8 Å². The molecule has 9 nitrogen and oxygen atoms in total. The Balaban J connectivity index is 0.00000380. The fourth-order valence-electron chi connectivity index (χ4n) is 4.33. The number of aryl methyl sites for hydroxylation is 1. The fraction of sp³-hybridized carbons (Fsp3) is 0.417. The highest BCUT2D eigenvalue weighted by molar-refractivity contribution is 7.59. The van der Waals surface area contributed by atoms with Crippen molar-refractivity contribution >= 4 is 36.6 Å². The Kier molecular flexibility index (Phi) is 8.25. The van der Waals surface area contributed by atoms with Crippen molar-refractivity contribution in [2.75, 3.05) is 29.7 Å². The zero-order chi connectivity index (χ0) is 26.2. The number of methoxy groups -OCH3 is 1. The van der Waals surface area contributed by atoms with Gasteiger partial charge >= 0.3 is 6.18 Å². The predicted molar refractivity (Wildman–Crippen MR) is 139 cm³/mol. The molecule has 0 saturated carbocycles. The fourth-order valence-corrected chi connectivity index (χ4v) is 4.33. The lowest BCUT2D eigenvalue weighted by molar-refractivity contribution is -0.141. The van der Waals surface area contributed by atoms with Gasteiger partial charge in [0.2, 0.25) is 11.8 Å². The van der Waals surface area contributed by atoms with Gasteiger partial charge in [-0.3, -0.25) is 9.48 Å². The molecule has 0 spiro atoms. The lowest BCUT2D eigenvalue weighted by Gasteiger charge is -2.38. The SMILES string of the molecule is COc1nc(C(F)(F)F)ccc1Cn1cc(CNc2cc3c(c(C)n2)NC(=O)[C@H](C(C)C)N3C)cn1.S. The van der Waals surface area contributed by atoms with Crippen LogP contribution in [0.25, 0.3) is 0 Å². The molecule has 0 unspecified atom stereocenters. The van der Waals surface area contributed by atoms with E-state index in [2.05, 4.69) is 25.7 Å². The summed E-state index contributed by atoms with van der Waals surface area (Å²) in [5, 5.41) is 10.6. The molecular formula is C24H30F3N7O2S. The van der Waals surface area contributed by atoms with Gasteiger partial charge in [-0.05, 0) is 25.0 Å². The third-order valence-electron chi connectivity index (χ3n) is 6.04. The lowest BCUT2D eigenvalue weighted by Crippen LogP contribution is -2.49. The molecule has 0 fully saturated rings. The first-order chi connectivity index (χ1) is 17.0. The third kappa shape index (κ3) is 5.92. The molecule has 3 aromatic rings. The maximum Gasteiger partial charge on any atom is 0.433 e. The minimum Gasteiger partial charge on any atom is -0.481 e. The molecular weight excluding hydrogens is 507 g/mol. The molecule has 0 radical (unpaired) electrons. The zero-order valence-electron chi connectivity index (χ0n) is 21.1. The summed E-state index contributed by atoms with van der Waals surface area (Å²) in [7, 11) is 3.18. The Morgan fingerprint density at radius 3 is 2.62 bits per heavy atom. The maximum absolute atomic E-state index is 12.9.